The quantitative estimate of drug-likeness (QED) is 0.824. The SMILES string of the molecule is O=S(=O)(/C=C/c1ccccc1)N1CCC[C@@H]1c1ccc2c(c1)OCCO2. The molecule has 1 fully saturated rings. The lowest BCUT2D eigenvalue weighted by Crippen LogP contribution is -2.29. The van der Waals surface area contributed by atoms with Crippen LogP contribution in [0.5, 0.6) is 11.5 Å². The van der Waals surface area contributed by atoms with Crippen LogP contribution in [0.25, 0.3) is 6.08 Å². The Morgan fingerprint density at radius 3 is 2.58 bits per heavy atom. The number of rotatable bonds is 4. The van der Waals surface area contributed by atoms with Crippen molar-refractivity contribution >= 4 is 16.1 Å². The first kappa shape index (κ1) is 17.1. The largest absolute Gasteiger partial charge is 0.486 e. The van der Waals surface area contributed by atoms with Gasteiger partial charge in [0, 0.05) is 12.0 Å². The van der Waals surface area contributed by atoms with E-state index in [1.807, 2.05) is 48.5 Å². The summed E-state index contributed by atoms with van der Waals surface area (Å²) in [5, 5.41) is 1.30. The van der Waals surface area contributed by atoms with Crippen LogP contribution in [0.1, 0.15) is 30.0 Å². The fourth-order valence-electron chi connectivity index (χ4n) is 3.45. The summed E-state index contributed by atoms with van der Waals surface area (Å²) in [5.74, 6) is 1.41. The van der Waals surface area contributed by atoms with Crippen LogP contribution in [-0.2, 0) is 10.0 Å². The highest BCUT2D eigenvalue weighted by Crippen LogP contribution is 2.39. The summed E-state index contributed by atoms with van der Waals surface area (Å²) in [6, 6.07) is 15.0. The van der Waals surface area contributed by atoms with Gasteiger partial charge in [0.1, 0.15) is 13.2 Å². The van der Waals surface area contributed by atoms with E-state index in [0.29, 0.717) is 25.5 Å². The van der Waals surface area contributed by atoms with Gasteiger partial charge in [0.25, 0.3) is 0 Å². The molecule has 1 saturated heterocycles. The van der Waals surface area contributed by atoms with E-state index in [0.717, 1.165) is 29.7 Å². The molecule has 0 aromatic heterocycles. The van der Waals surface area contributed by atoms with E-state index in [1.165, 1.54) is 5.41 Å². The van der Waals surface area contributed by atoms with Crippen molar-refractivity contribution in [1.29, 1.82) is 0 Å². The highest BCUT2D eigenvalue weighted by Gasteiger charge is 2.34. The third-order valence-electron chi connectivity index (χ3n) is 4.71. The zero-order valence-electron chi connectivity index (χ0n) is 14.4. The highest BCUT2D eigenvalue weighted by atomic mass is 32.2. The number of hydrogen-bond acceptors (Lipinski definition) is 4. The Labute approximate surface area is 153 Å². The van der Waals surface area contributed by atoms with E-state index < -0.39 is 10.0 Å². The van der Waals surface area contributed by atoms with Gasteiger partial charge in [-0.25, -0.2) is 8.42 Å². The average Bonchev–Trinajstić information content (AvgIpc) is 3.18. The zero-order valence-corrected chi connectivity index (χ0v) is 15.2. The normalized spacial score (nSPS) is 20.5. The number of hydrogen-bond donors (Lipinski definition) is 0. The molecule has 2 aliphatic rings. The Kier molecular flexibility index (Phi) is 4.70. The highest BCUT2D eigenvalue weighted by molar-refractivity contribution is 7.92. The number of fused-ring (bicyclic) bond motifs is 1. The first-order chi connectivity index (χ1) is 12.6. The summed E-state index contributed by atoms with van der Waals surface area (Å²) in [5.41, 5.74) is 1.81. The van der Waals surface area contributed by atoms with E-state index in [2.05, 4.69) is 0 Å². The maximum Gasteiger partial charge on any atom is 0.236 e. The average molecular weight is 371 g/mol. The molecule has 0 radical (unpaired) electrons. The summed E-state index contributed by atoms with van der Waals surface area (Å²) in [6.07, 6.45) is 3.30. The standard InChI is InChI=1S/C20H21NO4S/c22-26(23,14-10-16-5-2-1-3-6-16)21-11-4-7-18(21)17-8-9-19-20(15-17)25-13-12-24-19/h1-3,5-6,8-10,14-15,18H,4,7,11-13H2/b14-10+/t18-/m1/s1. The molecule has 0 N–H and O–H groups in total. The van der Waals surface area contributed by atoms with Crippen LogP contribution < -0.4 is 9.47 Å². The molecule has 4 rings (SSSR count). The third kappa shape index (κ3) is 3.48. The van der Waals surface area contributed by atoms with E-state index in [9.17, 15) is 8.42 Å². The van der Waals surface area contributed by atoms with Crippen LogP contribution in [0.2, 0.25) is 0 Å². The third-order valence-corrected chi connectivity index (χ3v) is 6.28. The number of benzene rings is 2. The van der Waals surface area contributed by atoms with Gasteiger partial charge in [-0.2, -0.15) is 4.31 Å². The van der Waals surface area contributed by atoms with Crippen LogP contribution in [0.4, 0.5) is 0 Å². The Morgan fingerprint density at radius 2 is 1.77 bits per heavy atom. The molecule has 26 heavy (non-hydrogen) atoms. The minimum Gasteiger partial charge on any atom is -0.486 e. The molecule has 0 saturated carbocycles. The predicted octanol–water partition coefficient (Wildman–Crippen LogP) is 3.60. The molecule has 2 aliphatic heterocycles. The van der Waals surface area contributed by atoms with Gasteiger partial charge < -0.3 is 9.47 Å². The van der Waals surface area contributed by atoms with Gasteiger partial charge in [-0.15, -0.1) is 0 Å². The van der Waals surface area contributed by atoms with Crippen molar-refractivity contribution < 1.29 is 17.9 Å². The zero-order chi connectivity index (χ0) is 18.0. The van der Waals surface area contributed by atoms with Crippen LogP contribution >= 0.6 is 0 Å². The Morgan fingerprint density at radius 1 is 1.00 bits per heavy atom. The number of nitrogens with zero attached hydrogens (tertiary/aromatic N) is 1. The lowest BCUT2D eigenvalue weighted by Gasteiger charge is -2.25. The van der Waals surface area contributed by atoms with Crippen LogP contribution in [0.3, 0.4) is 0 Å². The molecule has 2 aromatic carbocycles. The van der Waals surface area contributed by atoms with Crippen molar-refractivity contribution in [2.75, 3.05) is 19.8 Å². The lowest BCUT2D eigenvalue weighted by molar-refractivity contribution is 0.171. The minimum atomic E-state index is -3.50. The van der Waals surface area contributed by atoms with Gasteiger partial charge in [0.05, 0.1) is 6.04 Å². The van der Waals surface area contributed by atoms with Crippen molar-refractivity contribution in [3.63, 3.8) is 0 Å². The summed E-state index contributed by atoms with van der Waals surface area (Å²) >= 11 is 0. The maximum atomic E-state index is 12.9. The first-order valence-corrected chi connectivity index (χ1v) is 10.3. The molecule has 2 aromatic rings. The summed E-state index contributed by atoms with van der Waals surface area (Å²) in [7, 11) is -3.50. The van der Waals surface area contributed by atoms with E-state index >= 15 is 0 Å². The van der Waals surface area contributed by atoms with Gasteiger partial charge in [0.15, 0.2) is 11.5 Å². The first-order valence-electron chi connectivity index (χ1n) is 8.78. The minimum absolute atomic E-state index is 0.170. The molecule has 0 amide bonds. The molecule has 136 valence electrons. The van der Waals surface area contributed by atoms with Crippen molar-refractivity contribution in [3.05, 3.63) is 65.1 Å². The van der Waals surface area contributed by atoms with Crippen molar-refractivity contribution in [2.24, 2.45) is 0 Å². The smallest absolute Gasteiger partial charge is 0.236 e. The number of sulfonamides is 1. The Balaban J connectivity index is 1.59. The molecule has 1 atom stereocenters. The molecule has 5 nitrogen and oxygen atoms in total. The molecule has 2 heterocycles. The fourth-order valence-corrected chi connectivity index (χ4v) is 4.90. The van der Waals surface area contributed by atoms with E-state index in [-0.39, 0.29) is 6.04 Å². The second kappa shape index (κ2) is 7.13. The van der Waals surface area contributed by atoms with Gasteiger partial charge >= 0.3 is 0 Å². The van der Waals surface area contributed by atoms with Gasteiger partial charge in [-0.05, 0) is 42.2 Å². The monoisotopic (exact) mass is 371 g/mol. The topological polar surface area (TPSA) is 55.8 Å². The number of ether oxygens (including phenoxy) is 2. The van der Waals surface area contributed by atoms with E-state index in [4.69, 9.17) is 9.47 Å². The summed E-state index contributed by atoms with van der Waals surface area (Å²) in [6.45, 7) is 1.59. The van der Waals surface area contributed by atoms with Crippen molar-refractivity contribution in [2.45, 2.75) is 18.9 Å². The molecule has 0 unspecified atom stereocenters. The van der Waals surface area contributed by atoms with Crippen LogP contribution in [-0.4, -0.2) is 32.5 Å². The van der Waals surface area contributed by atoms with E-state index in [1.54, 1.807) is 10.4 Å². The maximum absolute atomic E-state index is 12.9. The Bertz CT molecular complexity index is 909. The van der Waals surface area contributed by atoms with Gasteiger partial charge in [-0.1, -0.05) is 36.4 Å². The predicted molar refractivity (Wildman–Crippen MR) is 101 cm³/mol. The lowest BCUT2D eigenvalue weighted by atomic mass is 10.0. The molecule has 0 aliphatic carbocycles. The van der Waals surface area contributed by atoms with Crippen molar-refractivity contribution in [3.8, 4) is 11.5 Å². The molecule has 0 spiro atoms. The second-order valence-corrected chi connectivity index (χ2v) is 8.20. The van der Waals surface area contributed by atoms with Crippen molar-refractivity contribution in [1.82, 2.24) is 4.31 Å². The molecular formula is C20H21NO4S. The van der Waals surface area contributed by atoms with Crippen LogP contribution in [0, 0.1) is 0 Å². The summed E-state index contributed by atoms with van der Waals surface area (Å²) in [4.78, 5) is 0. The van der Waals surface area contributed by atoms with Gasteiger partial charge in [0.2, 0.25) is 10.0 Å². The summed E-state index contributed by atoms with van der Waals surface area (Å²) < 4.78 is 38.5. The molecule has 0 bridgehead atoms. The fraction of sp³-hybridized carbons (Fsp3) is 0.300. The van der Waals surface area contributed by atoms with Crippen LogP contribution in [0.15, 0.2) is 53.9 Å². The Hall–Kier alpha value is -2.31. The molecular weight excluding hydrogens is 350 g/mol. The van der Waals surface area contributed by atoms with Gasteiger partial charge in [-0.3, -0.25) is 0 Å². The second-order valence-electron chi connectivity index (χ2n) is 6.43. The molecule has 6 heteroatoms.